The molecular formula is C17H23NO3. The van der Waals surface area contributed by atoms with E-state index < -0.39 is 0 Å². The number of nitrogens with zero attached hydrogens (tertiary/aromatic N) is 1. The van der Waals surface area contributed by atoms with E-state index in [2.05, 4.69) is 4.90 Å². The summed E-state index contributed by atoms with van der Waals surface area (Å²) in [7, 11) is 0. The van der Waals surface area contributed by atoms with Gasteiger partial charge in [-0.3, -0.25) is 4.90 Å². The molecule has 2 aliphatic heterocycles. The average Bonchev–Trinajstić information content (AvgIpc) is 2.47. The molecule has 1 saturated heterocycles. The number of piperidine rings is 1. The molecule has 0 radical (unpaired) electrons. The van der Waals surface area contributed by atoms with Crippen molar-refractivity contribution in [1.82, 2.24) is 4.90 Å². The molecule has 0 aromatic heterocycles. The molecule has 0 spiro atoms. The van der Waals surface area contributed by atoms with Crippen molar-refractivity contribution in [2.45, 2.75) is 44.2 Å². The lowest BCUT2D eigenvalue weighted by molar-refractivity contribution is -0.00987. The standard InChI is InChI=1S/C17H23NO3/c19-13-2-1-11-9-18-4-3-10-7-16(20)17(21)8-14(10)15(18)6-12(11)5-13/h7-8,11-13,15,19-21H,1-6,9H2/t11-,12+,13-,15+/m1/s1. The van der Waals surface area contributed by atoms with E-state index in [9.17, 15) is 15.3 Å². The van der Waals surface area contributed by atoms with Crippen molar-refractivity contribution in [3.8, 4) is 11.5 Å². The lowest BCUT2D eigenvalue weighted by Crippen LogP contribution is -2.48. The number of rotatable bonds is 0. The van der Waals surface area contributed by atoms with E-state index in [1.54, 1.807) is 12.1 Å². The summed E-state index contributed by atoms with van der Waals surface area (Å²) in [6, 6.07) is 3.82. The van der Waals surface area contributed by atoms with Crippen LogP contribution >= 0.6 is 0 Å². The number of fused-ring (bicyclic) bond motifs is 4. The van der Waals surface area contributed by atoms with Crippen LogP contribution < -0.4 is 0 Å². The quantitative estimate of drug-likeness (QED) is 0.641. The molecule has 2 fully saturated rings. The minimum Gasteiger partial charge on any atom is -0.504 e. The topological polar surface area (TPSA) is 63.9 Å². The average molecular weight is 289 g/mol. The zero-order valence-electron chi connectivity index (χ0n) is 12.2. The first-order valence-corrected chi connectivity index (χ1v) is 8.08. The maximum atomic E-state index is 9.93. The van der Waals surface area contributed by atoms with Gasteiger partial charge in [0, 0.05) is 19.1 Å². The van der Waals surface area contributed by atoms with Crippen molar-refractivity contribution in [3.05, 3.63) is 23.3 Å². The highest BCUT2D eigenvalue weighted by Gasteiger charge is 2.41. The van der Waals surface area contributed by atoms with Crippen LogP contribution in [0.5, 0.6) is 11.5 Å². The molecule has 4 rings (SSSR count). The van der Waals surface area contributed by atoms with Gasteiger partial charge in [0.1, 0.15) is 0 Å². The first-order chi connectivity index (χ1) is 10.1. The number of benzene rings is 1. The van der Waals surface area contributed by atoms with E-state index in [1.807, 2.05) is 0 Å². The van der Waals surface area contributed by atoms with Crippen molar-refractivity contribution < 1.29 is 15.3 Å². The van der Waals surface area contributed by atoms with Crippen molar-refractivity contribution in [2.75, 3.05) is 13.1 Å². The molecule has 1 aromatic carbocycles. The monoisotopic (exact) mass is 289 g/mol. The van der Waals surface area contributed by atoms with Gasteiger partial charge in [0.25, 0.3) is 0 Å². The lowest BCUT2D eigenvalue weighted by Gasteiger charge is -2.49. The largest absolute Gasteiger partial charge is 0.504 e. The predicted octanol–water partition coefficient (Wildman–Crippen LogP) is 2.18. The van der Waals surface area contributed by atoms with Crippen LogP contribution in [0.2, 0.25) is 0 Å². The second-order valence-corrected chi connectivity index (χ2v) is 7.02. The third-order valence-electron chi connectivity index (χ3n) is 5.81. The summed E-state index contributed by atoms with van der Waals surface area (Å²) in [5.41, 5.74) is 2.34. The second-order valence-electron chi connectivity index (χ2n) is 7.02. The minimum atomic E-state index is -0.130. The molecular weight excluding hydrogens is 266 g/mol. The van der Waals surface area contributed by atoms with Crippen LogP contribution in [0.15, 0.2) is 12.1 Å². The summed E-state index contributed by atoms with van der Waals surface area (Å²) in [6.07, 6.45) is 4.90. The van der Waals surface area contributed by atoms with Gasteiger partial charge in [0.05, 0.1) is 6.10 Å². The van der Waals surface area contributed by atoms with Gasteiger partial charge >= 0.3 is 0 Å². The molecule has 2 heterocycles. The van der Waals surface area contributed by atoms with Crippen LogP contribution in [0, 0.1) is 11.8 Å². The Morgan fingerprint density at radius 1 is 1.00 bits per heavy atom. The van der Waals surface area contributed by atoms with Gasteiger partial charge in [0.2, 0.25) is 0 Å². The van der Waals surface area contributed by atoms with Crippen LogP contribution in [-0.4, -0.2) is 39.4 Å². The van der Waals surface area contributed by atoms with Gasteiger partial charge in [-0.05, 0) is 67.2 Å². The summed E-state index contributed by atoms with van der Waals surface area (Å²) in [5.74, 6) is 1.29. The third kappa shape index (κ3) is 2.21. The van der Waals surface area contributed by atoms with E-state index in [0.717, 1.165) is 51.1 Å². The van der Waals surface area contributed by atoms with Crippen LogP contribution in [-0.2, 0) is 6.42 Å². The highest BCUT2D eigenvalue weighted by atomic mass is 16.3. The number of aromatic hydroxyl groups is 2. The van der Waals surface area contributed by atoms with E-state index in [0.29, 0.717) is 12.0 Å². The number of phenols is 2. The van der Waals surface area contributed by atoms with Crippen molar-refractivity contribution >= 4 is 0 Å². The summed E-state index contributed by atoms with van der Waals surface area (Å²) < 4.78 is 0. The Kier molecular flexibility index (Phi) is 3.12. The van der Waals surface area contributed by atoms with Gasteiger partial charge in [-0.15, -0.1) is 0 Å². The highest BCUT2D eigenvalue weighted by molar-refractivity contribution is 5.48. The van der Waals surface area contributed by atoms with Gasteiger partial charge in [-0.25, -0.2) is 0 Å². The van der Waals surface area contributed by atoms with Crippen LogP contribution in [0.1, 0.15) is 42.9 Å². The molecule has 1 saturated carbocycles. The molecule has 21 heavy (non-hydrogen) atoms. The number of phenolic OH excluding ortho intramolecular Hbond substituents is 2. The number of aliphatic hydroxyl groups excluding tert-OH is 1. The molecule has 0 amide bonds. The summed E-state index contributed by atoms with van der Waals surface area (Å²) in [6.45, 7) is 2.15. The Morgan fingerprint density at radius 3 is 2.67 bits per heavy atom. The molecule has 1 aliphatic carbocycles. The van der Waals surface area contributed by atoms with Crippen molar-refractivity contribution in [1.29, 1.82) is 0 Å². The number of hydrogen-bond acceptors (Lipinski definition) is 4. The molecule has 1 aromatic rings. The Bertz CT molecular complexity index is 559. The summed E-state index contributed by atoms with van der Waals surface area (Å²) >= 11 is 0. The fraction of sp³-hybridized carbons (Fsp3) is 0.647. The predicted molar refractivity (Wildman–Crippen MR) is 79.2 cm³/mol. The maximum Gasteiger partial charge on any atom is 0.157 e. The summed E-state index contributed by atoms with van der Waals surface area (Å²) in [4.78, 5) is 2.54. The Morgan fingerprint density at radius 2 is 1.81 bits per heavy atom. The zero-order valence-corrected chi connectivity index (χ0v) is 12.2. The second kappa shape index (κ2) is 4.89. The molecule has 0 unspecified atom stereocenters. The minimum absolute atomic E-state index is 0.0102. The van der Waals surface area contributed by atoms with Gasteiger partial charge < -0.3 is 15.3 Å². The SMILES string of the molecule is Oc1cc2c(cc1O)[C@@H]1C[C@@H]3C[C@H](O)CC[C@@H]3CN1CC2. The van der Waals surface area contributed by atoms with Crippen molar-refractivity contribution in [2.24, 2.45) is 11.8 Å². The van der Waals surface area contributed by atoms with Gasteiger partial charge in [0.15, 0.2) is 11.5 Å². The molecule has 4 nitrogen and oxygen atoms in total. The fourth-order valence-electron chi connectivity index (χ4n) is 4.69. The normalized spacial score (nSPS) is 35.7. The van der Waals surface area contributed by atoms with E-state index >= 15 is 0 Å². The lowest BCUT2D eigenvalue weighted by atomic mass is 9.69. The smallest absolute Gasteiger partial charge is 0.157 e. The van der Waals surface area contributed by atoms with Gasteiger partial charge in [-0.1, -0.05) is 0 Å². The molecule has 3 N–H and O–H groups in total. The first kappa shape index (κ1) is 13.4. The molecule has 0 bridgehead atoms. The Balaban J connectivity index is 1.65. The molecule has 4 heteroatoms. The summed E-state index contributed by atoms with van der Waals surface area (Å²) in [5, 5.41) is 29.5. The highest BCUT2D eigenvalue weighted by Crippen LogP contribution is 2.47. The number of aliphatic hydroxyl groups is 1. The van der Waals surface area contributed by atoms with E-state index in [-0.39, 0.29) is 17.6 Å². The number of hydrogen-bond donors (Lipinski definition) is 3. The van der Waals surface area contributed by atoms with Crippen LogP contribution in [0.25, 0.3) is 0 Å². The Labute approximate surface area is 125 Å². The molecule has 114 valence electrons. The zero-order chi connectivity index (χ0) is 14.6. The molecule has 3 aliphatic rings. The van der Waals surface area contributed by atoms with E-state index in [4.69, 9.17) is 0 Å². The van der Waals surface area contributed by atoms with Crippen molar-refractivity contribution in [3.63, 3.8) is 0 Å². The van der Waals surface area contributed by atoms with Gasteiger partial charge in [-0.2, -0.15) is 0 Å². The van der Waals surface area contributed by atoms with Crippen LogP contribution in [0.4, 0.5) is 0 Å². The maximum absolute atomic E-state index is 9.93. The van der Waals surface area contributed by atoms with Crippen LogP contribution in [0.3, 0.4) is 0 Å². The fourth-order valence-corrected chi connectivity index (χ4v) is 4.69. The molecule has 4 atom stereocenters. The third-order valence-corrected chi connectivity index (χ3v) is 5.81. The first-order valence-electron chi connectivity index (χ1n) is 8.08. The van der Waals surface area contributed by atoms with E-state index in [1.165, 1.54) is 11.1 Å². The Hall–Kier alpha value is -1.26.